The van der Waals surface area contributed by atoms with Crippen molar-refractivity contribution >= 4 is 23.2 Å². The second-order valence-corrected chi connectivity index (χ2v) is 3.16. The summed E-state index contributed by atoms with van der Waals surface area (Å²) in [5, 5.41) is 3.72. The molecule has 0 amide bonds. The van der Waals surface area contributed by atoms with E-state index < -0.39 is 11.8 Å². The number of hydrogen-bond acceptors (Lipinski definition) is 7. The van der Waals surface area contributed by atoms with Crippen LogP contribution in [-0.2, 0) is 19.1 Å². The van der Waals surface area contributed by atoms with Gasteiger partial charge in [-0.2, -0.15) is 5.10 Å². The average Bonchev–Trinajstić information content (AvgIpc) is 2.40. The first-order chi connectivity index (χ1) is 8.69. The first-order valence-electron chi connectivity index (χ1n) is 5.03. The average molecular weight is 251 g/mol. The lowest BCUT2D eigenvalue weighted by molar-refractivity contribution is -0.133. The zero-order valence-corrected chi connectivity index (χ0v) is 10.0. The van der Waals surface area contributed by atoms with Gasteiger partial charge in [0.2, 0.25) is 11.5 Å². The minimum Gasteiger partial charge on any atom is -0.464 e. The Kier molecular flexibility index (Phi) is 5.46. The molecule has 0 saturated carbocycles. The quantitative estimate of drug-likeness (QED) is 0.337. The van der Waals surface area contributed by atoms with E-state index in [2.05, 4.69) is 25.0 Å². The van der Waals surface area contributed by atoms with Gasteiger partial charge in [0.25, 0.3) is 0 Å². The Bertz CT molecular complexity index is 445. The van der Waals surface area contributed by atoms with Crippen LogP contribution < -0.4 is 5.43 Å². The second-order valence-electron chi connectivity index (χ2n) is 3.16. The number of hydrazone groups is 1. The van der Waals surface area contributed by atoms with Gasteiger partial charge in [0.1, 0.15) is 6.61 Å². The third-order valence-corrected chi connectivity index (χ3v) is 1.90. The molecule has 1 aromatic rings. The first kappa shape index (κ1) is 13.8. The largest absolute Gasteiger partial charge is 0.464 e. The van der Waals surface area contributed by atoms with Crippen LogP contribution in [0.5, 0.6) is 0 Å². The fraction of sp³-hybridized carbons (Fsp3) is 0.273. The van der Waals surface area contributed by atoms with E-state index in [4.69, 9.17) is 0 Å². The molecule has 0 spiro atoms. The van der Waals surface area contributed by atoms with Crippen molar-refractivity contribution in [3.05, 3.63) is 24.5 Å². The molecular weight excluding hydrogens is 238 g/mol. The number of carbonyl (C=O) groups is 2. The number of carbonyl (C=O) groups excluding carboxylic acids is 2. The van der Waals surface area contributed by atoms with Crippen molar-refractivity contribution in [3.63, 3.8) is 0 Å². The standard InChI is InChI=1S/C11H13N3O4/c1-17-7-9(15)10(11(16)18-2)14-13-8-3-5-12-6-4-8/h3-6H,7H2,1-2H3,(H,12,13)/b14-10-. The molecule has 0 fully saturated rings. The van der Waals surface area contributed by atoms with Crippen molar-refractivity contribution in [2.45, 2.75) is 0 Å². The summed E-state index contributed by atoms with van der Waals surface area (Å²) in [6.07, 6.45) is 3.10. The first-order valence-corrected chi connectivity index (χ1v) is 5.03. The van der Waals surface area contributed by atoms with Crippen LogP contribution in [0, 0.1) is 0 Å². The smallest absolute Gasteiger partial charge is 0.362 e. The Hall–Kier alpha value is -2.28. The van der Waals surface area contributed by atoms with Crippen molar-refractivity contribution in [2.24, 2.45) is 5.10 Å². The Morgan fingerprint density at radius 2 is 2.00 bits per heavy atom. The van der Waals surface area contributed by atoms with Gasteiger partial charge in [0.15, 0.2) is 0 Å². The van der Waals surface area contributed by atoms with Gasteiger partial charge in [-0.3, -0.25) is 15.2 Å². The van der Waals surface area contributed by atoms with Gasteiger partial charge in [-0.05, 0) is 12.1 Å². The molecule has 1 aromatic heterocycles. The number of nitrogens with one attached hydrogen (secondary N) is 1. The molecule has 96 valence electrons. The fourth-order valence-electron chi connectivity index (χ4n) is 1.06. The maximum absolute atomic E-state index is 11.6. The molecule has 0 aliphatic rings. The number of rotatable bonds is 6. The van der Waals surface area contributed by atoms with Gasteiger partial charge in [0.05, 0.1) is 12.8 Å². The number of ether oxygens (including phenoxy) is 2. The van der Waals surface area contributed by atoms with Gasteiger partial charge in [-0.15, -0.1) is 0 Å². The van der Waals surface area contributed by atoms with Crippen molar-refractivity contribution in [1.29, 1.82) is 0 Å². The summed E-state index contributed by atoms with van der Waals surface area (Å²) in [5.74, 6) is -1.38. The van der Waals surface area contributed by atoms with E-state index >= 15 is 0 Å². The lowest BCUT2D eigenvalue weighted by Crippen LogP contribution is -2.29. The van der Waals surface area contributed by atoms with E-state index in [9.17, 15) is 9.59 Å². The number of Topliss-reactive ketones (excluding diaryl/α,β-unsaturated/α-hetero) is 1. The molecular formula is C11H13N3O4. The molecule has 7 nitrogen and oxygen atoms in total. The second kappa shape index (κ2) is 7.13. The topological polar surface area (TPSA) is 89.9 Å². The van der Waals surface area contributed by atoms with Gasteiger partial charge < -0.3 is 9.47 Å². The zero-order chi connectivity index (χ0) is 13.4. The lowest BCUT2D eigenvalue weighted by Gasteiger charge is -2.04. The maximum atomic E-state index is 11.6. The van der Waals surface area contributed by atoms with Crippen molar-refractivity contribution in [1.82, 2.24) is 4.98 Å². The summed E-state index contributed by atoms with van der Waals surface area (Å²) in [4.78, 5) is 26.7. The molecule has 0 atom stereocenters. The summed E-state index contributed by atoms with van der Waals surface area (Å²) in [7, 11) is 2.52. The Labute approximate surface area is 104 Å². The number of pyridine rings is 1. The Morgan fingerprint density at radius 1 is 1.33 bits per heavy atom. The molecule has 1 heterocycles. The molecule has 0 radical (unpaired) electrons. The Morgan fingerprint density at radius 3 is 2.56 bits per heavy atom. The molecule has 18 heavy (non-hydrogen) atoms. The van der Waals surface area contributed by atoms with E-state index in [0.29, 0.717) is 5.69 Å². The molecule has 1 N–H and O–H groups in total. The highest BCUT2D eigenvalue weighted by molar-refractivity contribution is 6.64. The minimum atomic E-state index is -0.821. The van der Waals surface area contributed by atoms with Crippen molar-refractivity contribution < 1.29 is 19.1 Å². The van der Waals surface area contributed by atoms with Gasteiger partial charge in [0, 0.05) is 19.5 Å². The van der Waals surface area contributed by atoms with Gasteiger partial charge in [-0.1, -0.05) is 0 Å². The summed E-state index contributed by atoms with van der Waals surface area (Å²) >= 11 is 0. The molecule has 0 aliphatic carbocycles. The van der Waals surface area contributed by atoms with E-state index in [1.54, 1.807) is 24.5 Å². The third kappa shape index (κ3) is 3.95. The van der Waals surface area contributed by atoms with E-state index in [1.165, 1.54) is 14.2 Å². The van der Waals surface area contributed by atoms with E-state index in [1.807, 2.05) is 0 Å². The van der Waals surface area contributed by atoms with Crippen LogP contribution in [-0.4, -0.2) is 43.3 Å². The van der Waals surface area contributed by atoms with Crippen LogP contribution in [0.1, 0.15) is 0 Å². The predicted molar refractivity (Wildman–Crippen MR) is 64.2 cm³/mol. The molecule has 7 heteroatoms. The maximum Gasteiger partial charge on any atom is 0.362 e. The monoisotopic (exact) mass is 251 g/mol. The van der Waals surface area contributed by atoms with Crippen LogP contribution in [0.3, 0.4) is 0 Å². The van der Waals surface area contributed by atoms with Gasteiger partial charge >= 0.3 is 5.97 Å². The minimum absolute atomic E-state index is 0.244. The molecule has 0 aromatic carbocycles. The SMILES string of the molecule is COCC(=O)/C(=N/Nc1ccncc1)C(=O)OC. The summed E-state index contributed by atoms with van der Waals surface area (Å²) in [6, 6.07) is 3.28. The van der Waals surface area contributed by atoms with Crippen LogP contribution >= 0.6 is 0 Å². The molecule has 0 saturated heterocycles. The zero-order valence-electron chi connectivity index (χ0n) is 10.0. The normalized spacial score (nSPS) is 10.9. The number of anilines is 1. The van der Waals surface area contributed by atoms with Gasteiger partial charge in [-0.25, -0.2) is 4.79 Å². The number of ketones is 1. The van der Waals surface area contributed by atoms with Crippen LogP contribution in [0.4, 0.5) is 5.69 Å². The third-order valence-electron chi connectivity index (χ3n) is 1.90. The van der Waals surface area contributed by atoms with Crippen LogP contribution in [0.15, 0.2) is 29.6 Å². The summed E-state index contributed by atoms with van der Waals surface area (Å²) < 4.78 is 9.13. The number of methoxy groups -OCH3 is 2. The number of esters is 1. The summed E-state index contributed by atoms with van der Waals surface area (Å²) in [5.41, 5.74) is 2.81. The molecule has 0 aliphatic heterocycles. The number of nitrogens with zero attached hydrogens (tertiary/aromatic N) is 2. The molecule has 1 rings (SSSR count). The highest BCUT2D eigenvalue weighted by atomic mass is 16.5. The Balaban J connectivity index is 2.83. The van der Waals surface area contributed by atoms with E-state index in [-0.39, 0.29) is 12.3 Å². The number of hydrogen-bond donors (Lipinski definition) is 1. The predicted octanol–water partition coefficient (Wildman–Crippen LogP) is 0.238. The van der Waals surface area contributed by atoms with Crippen LogP contribution in [0.2, 0.25) is 0 Å². The number of aromatic nitrogens is 1. The fourth-order valence-corrected chi connectivity index (χ4v) is 1.06. The highest BCUT2D eigenvalue weighted by Gasteiger charge is 2.21. The van der Waals surface area contributed by atoms with Crippen LogP contribution in [0.25, 0.3) is 0 Å². The highest BCUT2D eigenvalue weighted by Crippen LogP contribution is 2.03. The molecule has 0 bridgehead atoms. The van der Waals surface area contributed by atoms with E-state index in [0.717, 1.165) is 0 Å². The van der Waals surface area contributed by atoms with Crippen molar-refractivity contribution in [2.75, 3.05) is 26.3 Å². The molecule has 0 unspecified atom stereocenters. The lowest BCUT2D eigenvalue weighted by atomic mass is 10.2. The summed E-state index contributed by atoms with van der Waals surface area (Å²) in [6.45, 7) is -0.244. The van der Waals surface area contributed by atoms with Crippen molar-refractivity contribution in [3.8, 4) is 0 Å².